The Balaban J connectivity index is 0.00000392. The molecule has 0 aromatic heterocycles. The Morgan fingerprint density at radius 1 is 1.18 bits per heavy atom. The quantitative estimate of drug-likeness (QED) is 0.622. The second-order valence-electron chi connectivity index (χ2n) is 5.94. The number of rotatable bonds is 7. The first kappa shape index (κ1) is 23.7. The van der Waals surface area contributed by atoms with Gasteiger partial charge in [0.25, 0.3) is 5.91 Å². The van der Waals surface area contributed by atoms with E-state index in [0.29, 0.717) is 23.7 Å². The second kappa shape index (κ2) is 10.8. The maximum Gasteiger partial charge on any atom is 0.258 e. The number of hydrogen-bond donors (Lipinski definition) is 3. The summed E-state index contributed by atoms with van der Waals surface area (Å²) in [5.41, 5.74) is 0.630. The Kier molecular flexibility index (Phi) is 9.18. The Morgan fingerprint density at radius 3 is 2.50 bits per heavy atom. The normalized spacial score (nSPS) is 11.2. The predicted octanol–water partition coefficient (Wildman–Crippen LogP) is 3.96. The number of methoxy groups -OCH3 is 1. The first-order valence-corrected chi connectivity index (χ1v) is 8.63. The number of amides is 2. The largest absolute Gasteiger partial charge is 0.495 e. The fourth-order valence-electron chi connectivity index (χ4n) is 2.41. The van der Waals surface area contributed by atoms with Gasteiger partial charge >= 0.3 is 0 Å². The Labute approximate surface area is 174 Å². The number of nitrogens with one attached hydrogen (secondary N) is 3. The minimum atomic E-state index is -0.732. The van der Waals surface area contributed by atoms with Crippen LogP contribution < -0.4 is 20.7 Å². The van der Waals surface area contributed by atoms with Gasteiger partial charge in [0.1, 0.15) is 11.6 Å². The van der Waals surface area contributed by atoms with E-state index in [-0.39, 0.29) is 34.8 Å². The molecule has 0 heterocycles. The molecule has 2 aromatic rings. The lowest BCUT2D eigenvalue weighted by atomic mass is 10.1. The number of carbonyl (C=O) groups is 2. The van der Waals surface area contributed by atoms with Gasteiger partial charge in [-0.05, 0) is 43.4 Å². The van der Waals surface area contributed by atoms with Crippen LogP contribution in [0.2, 0.25) is 5.02 Å². The molecule has 28 heavy (non-hydrogen) atoms. The molecule has 3 N–H and O–H groups in total. The third-order valence-corrected chi connectivity index (χ3v) is 4.08. The predicted molar refractivity (Wildman–Crippen MR) is 111 cm³/mol. The van der Waals surface area contributed by atoms with E-state index in [1.165, 1.54) is 19.2 Å². The van der Waals surface area contributed by atoms with Gasteiger partial charge in [-0.15, -0.1) is 12.4 Å². The highest BCUT2D eigenvalue weighted by atomic mass is 35.5. The highest BCUT2D eigenvalue weighted by molar-refractivity contribution is 6.30. The van der Waals surface area contributed by atoms with E-state index < -0.39 is 11.7 Å². The summed E-state index contributed by atoms with van der Waals surface area (Å²) >= 11 is 5.71. The average molecular weight is 430 g/mol. The molecule has 0 aliphatic carbocycles. The average Bonchev–Trinajstić information content (AvgIpc) is 2.62. The van der Waals surface area contributed by atoms with E-state index in [1.807, 2.05) is 0 Å². The maximum atomic E-state index is 14.0. The number of ether oxygens (including phenoxy) is 1. The molecule has 0 saturated carbocycles. The highest BCUT2D eigenvalue weighted by Crippen LogP contribution is 2.29. The topological polar surface area (TPSA) is 79.5 Å². The first-order chi connectivity index (χ1) is 12.8. The number of anilines is 2. The molecule has 0 aliphatic heterocycles. The summed E-state index contributed by atoms with van der Waals surface area (Å²) in [6, 6.07) is 8.59. The Morgan fingerprint density at radius 2 is 1.89 bits per heavy atom. The van der Waals surface area contributed by atoms with Crippen molar-refractivity contribution in [1.29, 1.82) is 0 Å². The molecule has 0 radical (unpaired) electrons. The van der Waals surface area contributed by atoms with Crippen LogP contribution in [0.5, 0.6) is 5.75 Å². The van der Waals surface area contributed by atoms with E-state index in [0.717, 1.165) is 6.07 Å². The molecule has 2 amide bonds. The van der Waals surface area contributed by atoms with Gasteiger partial charge in [0.2, 0.25) is 5.91 Å². The molecule has 9 heteroatoms. The number of carbonyl (C=O) groups excluding carboxylic acids is 2. The third-order valence-electron chi connectivity index (χ3n) is 3.85. The van der Waals surface area contributed by atoms with E-state index in [9.17, 15) is 14.0 Å². The molecule has 0 aliphatic rings. The fourth-order valence-corrected chi connectivity index (χ4v) is 2.57. The molecule has 2 aromatic carbocycles. The monoisotopic (exact) mass is 429 g/mol. The van der Waals surface area contributed by atoms with Crippen LogP contribution in [-0.4, -0.2) is 32.5 Å². The lowest BCUT2D eigenvalue weighted by Gasteiger charge is -2.15. The summed E-state index contributed by atoms with van der Waals surface area (Å²) in [5.74, 6) is -1.42. The summed E-state index contributed by atoms with van der Waals surface area (Å²) in [6.45, 7) is 2.32. The number of halogens is 3. The highest BCUT2D eigenvalue weighted by Gasteiger charge is 2.16. The van der Waals surface area contributed by atoms with Crippen LogP contribution in [0.3, 0.4) is 0 Å². The molecule has 1 unspecified atom stereocenters. The minimum Gasteiger partial charge on any atom is -0.495 e. The van der Waals surface area contributed by atoms with Crippen LogP contribution in [-0.2, 0) is 4.79 Å². The Bertz CT molecular complexity index is 849. The maximum absolute atomic E-state index is 14.0. The van der Waals surface area contributed by atoms with E-state index >= 15 is 0 Å². The third kappa shape index (κ3) is 6.09. The van der Waals surface area contributed by atoms with Crippen LogP contribution in [0.1, 0.15) is 17.3 Å². The molecular weight excluding hydrogens is 408 g/mol. The van der Waals surface area contributed by atoms with Crippen molar-refractivity contribution in [2.45, 2.75) is 6.92 Å². The van der Waals surface area contributed by atoms with Crippen LogP contribution in [0.15, 0.2) is 36.4 Å². The summed E-state index contributed by atoms with van der Waals surface area (Å²) in [5, 5.41) is 8.50. The van der Waals surface area contributed by atoms with Gasteiger partial charge in [-0.2, -0.15) is 0 Å². The van der Waals surface area contributed by atoms with Gasteiger partial charge in [-0.1, -0.05) is 18.5 Å². The van der Waals surface area contributed by atoms with E-state index in [1.54, 1.807) is 32.2 Å². The van der Waals surface area contributed by atoms with Crippen LogP contribution in [0.4, 0.5) is 15.8 Å². The van der Waals surface area contributed by atoms with Crippen molar-refractivity contribution in [2.75, 3.05) is 31.3 Å². The van der Waals surface area contributed by atoms with Gasteiger partial charge < -0.3 is 20.7 Å². The molecule has 0 bridgehead atoms. The first-order valence-electron chi connectivity index (χ1n) is 8.25. The van der Waals surface area contributed by atoms with Gasteiger partial charge in [0, 0.05) is 23.2 Å². The Hall–Kier alpha value is -2.35. The van der Waals surface area contributed by atoms with Crippen molar-refractivity contribution >= 4 is 47.2 Å². The van der Waals surface area contributed by atoms with Crippen LogP contribution >= 0.6 is 24.0 Å². The summed E-state index contributed by atoms with van der Waals surface area (Å²) < 4.78 is 19.2. The molecule has 0 spiro atoms. The van der Waals surface area contributed by atoms with E-state index in [4.69, 9.17) is 16.3 Å². The molecule has 0 saturated heterocycles. The summed E-state index contributed by atoms with van der Waals surface area (Å²) in [4.78, 5) is 24.6. The number of hydrogen-bond acceptors (Lipinski definition) is 4. The smallest absolute Gasteiger partial charge is 0.258 e. The zero-order chi connectivity index (χ0) is 20.0. The lowest BCUT2D eigenvalue weighted by molar-refractivity contribution is -0.119. The number of benzene rings is 2. The van der Waals surface area contributed by atoms with Crippen molar-refractivity contribution in [2.24, 2.45) is 5.92 Å². The molecule has 2 rings (SSSR count). The van der Waals surface area contributed by atoms with Crippen molar-refractivity contribution in [3.05, 3.63) is 52.8 Å². The molecule has 0 fully saturated rings. The van der Waals surface area contributed by atoms with E-state index in [2.05, 4.69) is 16.0 Å². The van der Waals surface area contributed by atoms with Gasteiger partial charge in [-0.3, -0.25) is 9.59 Å². The van der Waals surface area contributed by atoms with Gasteiger partial charge in [0.15, 0.2) is 0 Å². The van der Waals surface area contributed by atoms with Crippen molar-refractivity contribution < 1.29 is 18.7 Å². The molecule has 152 valence electrons. The van der Waals surface area contributed by atoms with Crippen LogP contribution in [0.25, 0.3) is 0 Å². The standard InChI is InChI=1S/C19H21ClFN3O3.ClH/c1-11(10-22-2)18(25)23-13-5-7-17(27-3)16(9-13)24-19(26)14-6-4-12(20)8-15(14)21;/h4-9,11,22H,10H2,1-3H3,(H,23,25)(H,24,26);1H. The SMILES string of the molecule is CNCC(C)C(=O)Nc1ccc(OC)c(NC(=O)c2ccc(Cl)cc2F)c1.Cl. The van der Waals surface area contributed by atoms with Crippen LogP contribution in [0, 0.1) is 11.7 Å². The second-order valence-corrected chi connectivity index (χ2v) is 6.38. The van der Waals surface area contributed by atoms with Crippen molar-refractivity contribution in [3.63, 3.8) is 0 Å². The molecule has 1 atom stereocenters. The zero-order valence-corrected chi connectivity index (χ0v) is 17.2. The van der Waals surface area contributed by atoms with Crippen molar-refractivity contribution in [3.8, 4) is 5.75 Å². The molecule has 6 nitrogen and oxygen atoms in total. The molecular formula is C19H22Cl2FN3O3. The zero-order valence-electron chi connectivity index (χ0n) is 15.6. The lowest BCUT2D eigenvalue weighted by Crippen LogP contribution is -2.28. The van der Waals surface area contributed by atoms with Gasteiger partial charge in [0.05, 0.1) is 18.4 Å². The minimum absolute atomic E-state index is 0. The fraction of sp³-hybridized carbons (Fsp3) is 0.263. The summed E-state index contributed by atoms with van der Waals surface area (Å²) in [7, 11) is 3.21. The summed E-state index contributed by atoms with van der Waals surface area (Å²) in [6.07, 6.45) is 0. The van der Waals surface area contributed by atoms with Gasteiger partial charge in [-0.25, -0.2) is 4.39 Å². The van der Waals surface area contributed by atoms with Crippen molar-refractivity contribution in [1.82, 2.24) is 5.32 Å².